The third-order valence-corrected chi connectivity index (χ3v) is 4.38. The van der Waals surface area contributed by atoms with Gasteiger partial charge in [-0.3, -0.25) is 0 Å². The Kier molecular flexibility index (Phi) is 4.47. The Balaban J connectivity index is 2.11. The number of hydrogen-bond donors (Lipinski definition) is 1. The van der Waals surface area contributed by atoms with E-state index in [-0.39, 0.29) is 0 Å². The van der Waals surface area contributed by atoms with Gasteiger partial charge in [0.15, 0.2) is 0 Å². The molecule has 1 saturated carbocycles. The number of nitrogens with one attached hydrogen (secondary N) is 1. The summed E-state index contributed by atoms with van der Waals surface area (Å²) in [7, 11) is 2.06. The van der Waals surface area contributed by atoms with Crippen molar-refractivity contribution < 1.29 is 0 Å². The van der Waals surface area contributed by atoms with Gasteiger partial charge in [-0.05, 0) is 49.4 Å². The van der Waals surface area contributed by atoms with Gasteiger partial charge in [0, 0.05) is 11.1 Å². The van der Waals surface area contributed by atoms with E-state index in [0.29, 0.717) is 6.04 Å². The van der Waals surface area contributed by atoms with Gasteiger partial charge in [0.2, 0.25) is 0 Å². The Morgan fingerprint density at radius 3 is 2.82 bits per heavy atom. The molecule has 0 spiro atoms. The number of hydrogen-bond acceptors (Lipinski definition) is 1. The third-order valence-electron chi connectivity index (χ3n) is 4.15. The second-order valence-corrected chi connectivity index (χ2v) is 5.61. The van der Waals surface area contributed by atoms with Crippen LogP contribution in [0.5, 0.6) is 0 Å². The van der Waals surface area contributed by atoms with E-state index in [9.17, 15) is 0 Å². The molecule has 1 aromatic rings. The Morgan fingerprint density at radius 2 is 2.24 bits per heavy atom. The van der Waals surface area contributed by atoms with Gasteiger partial charge in [-0.15, -0.1) is 0 Å². The van der Waals surface area contributed by atoms with Crippen molar-refractivity contribution in [3.05, 3.63) is 34.9 Å². The van der Waals surface area contributed by atoms with Crippen molar-refractivity contribution in [1.82, 2.24) is 5.32 Å². The highest BCUT2D eigenvalue weighted by Gasteiger charge is 2.30. The van der Waals surface area contributed by atoms with Gasteiger partial charge in [0.1, 0.15) is 0 Å². The summed E-state index contributed by atoms with van der Waals surface area (Å²) in [6.07, 6.45) is 5.41. The molecule has 0 saturated heterocycles. The first kappa shape index (κ1) is 12.9. The fraction of sp³-hybridized carbons (Fsp3) is 0.600. The van der Waals surface area contributed by atoms with E-state index in [0.717, 1.165) is 16.9 Å². The van der Waals surface area contributed by atoms with Crippen LogP contribution in [0.1, 0.15) is 44.2 Å². The van der Waals surface area contributed by atoms with E-state index < -0.39 is 0 Å². The van der Waals surface area contributed by atoms with Crippen LogP contribution in [0, 0.1) is 11.8 Å². The lowest BCUT2D eigenvalue weighted by molar-refractivity contribution is 0.372. The highest BCUT2D eigenvalue weighted by atomic mass is 35.5. The number of benzene rings is 1. The molecule has 94 valence electrons. The molecule has 2 rings (SSSR count). The van der Waals surface area contributed by atoms with Crippen LogP contribution in [-0.2, 0) is 0 Å². The zero-order valence-electron chi connectivity index (χ0n) is 10.7. The van der Waals surface area contributed by atoms with Crippen molar-refractivity contribution in [2.45, 2.75) is 38.6 Å². The molecule has 0 bridgehead atoms. The number of halogens is 1. The van der Waals surface area contributed by atoms with E-state index in [1.165, 1.54) is 31.2 Å². The minimum Gasteiger partial charge on any atom is -0.313 e. The normalized spacial score (nSPS) is 26.1. The molecule has 1 aromatic carbocycles. The molecule has 17 heavy (non-hydrogen) atoms. The molecular formula is C15H22ClN. The summed E-state index contributed by atoms with van der Waals surface area (Å²) in [6.45, 7) is 2.31. The van der Waals surface area contributed by atoms with Gasteiger partial charge in [-0.2, -0.15) is 0 Å². The summed E-state index contributed by atoms with van der Waals surface area (Å²) in [6, 6.07) is 8.74. The van der Waals surface area contributed by atoms with Crippen LogP contribution >= 0.6 is 11.6 Å². The molecule has 0 amide bonds. The van der Waals surface area contributed by atoms with E-state index in [2.05, 4.69) is 31.4 Å². The third kappa shape index (κ3) is 3.02. The van der Waals surface area contributed by atoms with Gasteiger partial charge in [-0.25, -0.2) is 0 Å². The Morgan fingerprint density at radius 1 is 1.41 bits per heavy atom. The van der Waals surface area contributed by atoms with E-state index in [4.69, 9.17) is 11.6 Å². The first-order valence-corrected chi connectivity index (χ1v) is 7.05. The summed E-state index contributed by atoms with van der Waals surface area (Å²) in [4.78, 5) is 0. The molecule has 3 unspecified atom stereocenters. The molecule has 1 N–H and O–H groups in total. The number of rotatable bonds is 4. The maximum atomic E-state index is 6.08. The molecule has 1 nitrogen and oxygen atoms in total. The van der Waals surface area contributed by atoms with Crippen LogP contribution in [0.15, 0.2) is 24.3 Å². The Labute approximate surface area is 110 Å². The van der Waals surface area contributed by atoms with E-state index in [1.807, 2.05) is 12.1 Å². The molecule has 0 radical (unpaired) electrons. The lowest BCUT2D eigenvalue weighted by Crippen LogP contribution is -2.23. The van der Waals surface area contributed by atoms with Crippen LogP contribution in [0.25, 0.3) is 0 Å². The predicted octanol–water partition coefficient (Wildman–Crippen LogP) is 4.43. The van der Waals surface area contributed by atoms with Crippen LogP contribution in [0.2, 0.25) is 5.02 Å². The van der Waals surface area contributed by atoms with Gasteiger partial charge in [0.25, 0.3) is 0 Å². The maximum absolute atomic E-state index is 6.08. The molecule has 0 heterocycles. The summed E-state index contributed by atoms with van der Waals surface area (Å²) in [5, 5.41) is 4.31. The SMILES string of the molecule is CCC1CCC(C(NC)c2cccc(Cl)c2)C1. The van der Waals surface area contributed by atoms with Gasteiger partial charge in [-0.1, -0.05) is 43.5 Å². The molecule has 1 fully saturated rings. The lowest BCUT2D eigenvalue weighted by atomic mass is 9.90. The van der Waals surface area contributed by atoms with Crippen LogP contribution in [-0.4, -0.2) is 7.05 Å². The maximum Gasteiger partial charge on any atom is 0.0409 e. The fourth-order valence-electron chi connectivity index (χ4n) is 3.16. The molecule has 0 aliphatic heterocycles. The van der Waals surface area contributed by atoms with Crippen LogP contribution < -0.4 is 5.32 Å². The van der Waals surface area contributed by atoms with Crippen molar-refractivity contribution in [3.8, 4) is 0 Å². The zero-order chi connectivity index (χ0) is 12.3. The fourth-order valence-corrected chi connectivity index (χ4v) is 3.36. The Hall–Kier alpha value is -0.530. The lowest BCUT2D eigenvalue weighted by Gasteiger charge is -2.24. The van der Waals surface area contributed by atoms with Gasteiger partial charge in [0.05, 0.1) is 0 Å². The van der Waals surface area contributed by atoms with Crippen molar-refractivity contribution in [2.75, 3.05) is 7.05 Å². The van der Waals surface area contributed by atoms with Crippen LogP contribution in [0.3, 0.4) is 0 Å². The minimum atomic E-state index is 0.463. The molecule has 0 aromatic heterocycles. The van der Waals surface area contributed by atoms with Gasteiger partial charge >= 0.3 is 0 Å². The van der Waals surface area contributed by atoms with Crippen molar-refractivity contribution in [2.24, 2.45) is 11.8 Å². The Bertz CT molecular complexity index is 364. The molecule has 2 heteroatoms. The second kappa shape index (κ2) is 5.88. The highest BCUT2D eigenvalue weighted by molar-refractivity contribution is 6.30. The summed E-state index contributed by atoms with van der Waals surface area (Å²) in [5.41, 5.74) is 1.33. The largest absolute Gasteiger partial charge is 0.313 e. The first-order chi connectivity index (χ1) is 8.24. The topological polar surface area (TPSA) is 12.0 Å². The summed E-state index contributed by atoms with van der Waals surface area (Å²) < 4.78 is 0. The highest BCUT2D eigenvalue weighted by Crippen LogP contribution is 2.40. The average molecular weight is 252 g/mol. The monoisotopic (exact) mass is 251 g/mol. The molecule has 1 aliphatic carbocycles. The molecular weight excluding hydrogens is 230 g/mol. The standard InChI is InChI=1S/C15H22ClN/c1-3-11-7-8-13(9-11)15(17-2)12-5-4-6-14(16)10-12/h4-6,10-11,13,15,17H,3,7-9H2,1-2H3. The quantitative estimate of drug-likeness (QED) is 0.835. The van der Waals surface area contributed by atoms with Crippen molar-refractivity contribution in [3.63, 3.8) is 0 Å². The second-order valence-electron chi connectivity index (χ2n) is 5.17. The van der Waals surface area contributed by atoms with E-state index >= 15 is 0 Å². The molecule has 1 aliphatic rings. The minimum absolute atomic E-state index is 0.463. The summed E-state index contributed by atoms with van der Waals surface area (Å²) >= 11 is 6.08. The predicted molar refractivity (Wildman–Crippen MR) is 74.4 cm³/mol. The van der Waals surface area contributed by atoms with Crippen molar-refractivity contribution in [1.29, 1.82) is 0 Å². The molecule has 3 atom stereocenters. The smallest absolute Gasteiger partial charge is 0.0409 e. The van der Waals surface area contributed by atoms with Crippen molar-refractivity contribution >= 4 is 11.6 Å². The average Bonchev–Trinajstić information content (AvgIpc) is 2.79. The summed E-state index contributed by atoms with van der Waals surface area (Å²) in [5.74, 6) is 1.69. The first-order valence-electron chi connectivity index (χ1n) is 6.67. The van der Waals surface area contributed by atoms with Crippen LogP contribution in [0.4, 0.5) is 0 Å². The van der Waals surface area contributed by atoms with Gasteiger partial charge < -0.3 is 5.32 Å². The van der Waals surface area contributed by atoms with E-state index in [1.54, 1.807) is 0 Å². The zero-order valence-corrected chi connectivity index (χ0v) is 11.5.